The molecule has 1 aliphatic heterocycles. The van der Waals surface area contributed by atoms with E-state index in [-0.39, 0.29) is 5.69 Å². The van der Waals surface area contributed by atoms with Gasteiger partial charge in [0.05, 0.1) is 30.0 Å². The normalized spacial score (nSPS) is 16.8. The summed E-state index contributed by atoms with van der Waals surface area (Å²) in [6.45, 7) is 3.67. The van der Waals surface area contributed by atoms with Gasteiger partial charge >= 0.3 is 5.97 Å². The van der Waals surface area contributed by atoms with E-state index in [9.17, 15) is 14.9 Å². The van der Waals surface area contributed by atoms with E-state index >= 15 is 0 Å². The number of methoxy groups -OCH3 is 1. The predicted octanol–water partition coefficient (Wildman–Crippen LogP) is 2.95. The number of aromatic nitrogens is 2. The molecule has 27 heavy (non-hydrogen) atoms. The molecule has 0 aliphatic carbocycles. The number of hydrogen-bond acceptors (Lipinski definition) is 7. The highest BCUT2D eigenvalue weighted by Crippen LogP contribution is 2.43. The Morgan fingerprint density at radius 3 is 2.63 bits per heavy atom. The summed E-state index contributed by atoms with van der Waals surface area (Å²) >= 11 is 0. The topological polar surface area (TPSA) is 107 Å². The zero-order chi connectivity index (χ0) is 19.6. The van der Waals surface area contributed by atoms with Gasteiger partial charge in [0.2, 0.25) is 0 Å². The number of benzene rings is 1. The standard InChI is InChI=1S/C19H18N4O4/c1-11-16(14-7-8-20-21-10-14)18(17(12(2)22-11)19(24)27-3)13-5-4-6-15(9-13)23(25)26/h4-10,18,22H,1-3H3. The number of nitrogens with one attached hydrogen (secondary N) is 1. The average molecular weight is 366 g/mol. The van der Waals surface area contributed by atoms with Crippen molar-refractivity contribution in [1.82, 2.24) is 15.5 Å². The number of dihydropyridines is 1. The summed E-state index contributed by atoms with van der Waals surface area (Å²) in [5.41, 5.74) is 3.99. The largest absolute Gasteiger partial charge is 0.466 e. The first-order chi connectivity index (χ1) is 12.9. The van der Waals surface area contributed by atoms with Crippen LogP contribution in [0, 0.1) is 10.1 Å². The molecule has 3 rings (SSSR count). The van der Waals surface area contributed by atoms with Crippen LogP contribution in [0.15, 0.2) is 59.7 Å². The third-order valence-electron chi connectivity index (χ3n) is 4.48. The number of ether oxygens (including phenoxy) is 1. The first-order valence-electron chi connectivity index (χ1n) is 8.22. The smallest absolute Gasteiger partial charge is 0.336 e. The number of allylic oxidation sites excluding steroid dienone is 3. The van der Waals surface area contributed by atoms with Gasteiger partial charge in [-0.15, -0.1) is 0 Å². The number of hydrogen-bond donors (Lipinski definition) is 1. The first-order valence-corrected chi connectivity index (χ1v) is 8.22. The summed E-state index contributed by atoms with van der Waals surface area (Å²) in [7, 11) is 1.31. The Hall–Kier alpha value is -3.55. The Morgan fingerprint density at radius 2 is 2.00 bits per heavy atom. The van der Waals surface area contributed by atoms with Gasteiger partial charge in [-0.1, -0.05) is 12.1 Å². The van der Waals surface area contributed by atoms with Crippen LogP contribution in [0.4, 0.5) is 5.69 Å². The Labute approximate surface area is 155 Å². The highest BCUT2D eigenvalue weighted by Gasteiger charge is 2.35. The van der Waals surface area contributed by atoms with Gasteiger partial charge in [-0.25, -0.2) is 4.79 Å². The SMILES string of the molecule is COC(=O)C1=C(C)NC(C)=C(c2ccnnc2)C1c1cccc([N+](=O)[O-])c1. The Kier molecular flexibility index (Phi) is 4.98. The van der Waals surface area contributed by atoms with E-state index in [0.29, 0.717) is 16.8 Å². The molecule has 8 nitrogen and oxygen atoms in total. The molecule has 2 aromatic rings. The molecule has 0 bridgehead atoms. The fourth-order valence-electron chi connectivity index (χ4n) is 3.36. The molecule has 1 unspecified atom stereocenters. The minimum Gasteiger partial charge on any atom is -0.466 e. The minimum absolute atomic E-state index is 0.0437. The Balaban J connectivity index is 2.26. The van der Waals surface area contributed by atoms with E-state index in [1.807, 2.05) is 6.92 Å². The van der Waals surface area contributed by atoms with Crippen molar-refractivity contribution in [2.24, 2.45) is 0 Å². The van der Waals surface area contributed by atoms with Crippen molar-refractivity contribution in [1.29, 1.82) is 0 Å². The molecule has 0 saturated heterocycles. The fraction of sp³-hybridized carbons (Fsp3) is 0.211. The molecule has 0 amide bonds. The van der Waals surface area contributed by atoms with Crippen molar-refractivity contribution in [3.8, 4) is 0 Å². The maximum absolute atomic E-state index is 12.6. The summed E-state index contributed by atoms with van der Waals surface area (Å²) < 4.78 is 4.99. The number of carbonyl (C=O) groups is 1. The number of nitrogens with zero attached hydrogens (tertiary/aromatic N) is 3. The first kappa shape index (κ1) is 18.2. The fourth-order valence-corrected chi connectivity index (χ4v) is 3.36. The van der Waals surface area contributed by atoms with Crippen LogP contribution in [0.1, 0.15) is 30.9 Å². The average Bonchev–Trinajstić information content (AvgIpc) is 2.67. The van der Waals surface area contributed by atoms with Crippen molar-refractivity contribution >= 4 is 17.2 Å². The molecular weight excluding hydrogens is 348 g/mol. The molecule has 0 saturated carbocycles. The molecule has 1 aliphatic rings. The monoisotopic (exact) mass is 366 g/mol. The second-order valence-corrected chi connectivity index (χ2v) is 6.11. The number of carbonyl (C=O) groups excluding carboxylic acids is 1. The lowest BCUT2D eigenvalue weighted by Gasteiger charge is -2.31. The van der Waals surface area contributed by atoms with Crippen LogP contribution < -0.4 is 5.32 Å². The van der Waals surface area contributed by atoms with E-state index in [1.165, 1.54) is 19.2 Å². The van der Waals surface area contributed by atoms with Gasteiger partial charge in [0.1, 0.15) is 0 Å². The van der Waals surface area contributed by atoms with Crippen molar-refractivity contribution in [2.45, 2.75) is 19.8 Å². The summed E-state index contributed by atoms with van der Waals surface area (Å²) in [4.78, 5) is 23.4. The Bertz CT molecular complexity index is 967. The summed E-state index contributed by atoms with van der Waals surface area (Å²) in [6, 6.07) is 8.06. The van der Waals surface area contributed by atoms with Gasteiger partial charge < -0.3 is 10.1 Å². The quantitative estimate of drug-likeness (QED) is 0.503. The Morgan fingerprint density at radius 1 is 1.22 bits per heavy atom. The van der Waals surface area contributed by atoms with E-state index < -0.39 is 16.8 Å². The van der Waals surface area contributed by atoms with E-state index in [2.05, 4.69) is 15.5 Å². The molecule has 8 heteroatoms. The number of esters is 1. The van der Waals surface area contributed by atoms with Gasteiger partial charge in [0.15, 0.2) is 0 Å². The van der Waals surface area contributed by atoms with E-state index in [1.54, 1.807) is 37.5 Å². The second kappa shape index (κ2) is 7.36. The van der Waals surface area contributed by atoms with Gasteiger partial charge in [0, 0.05) is 35.0 Å². The zero-order valence-corrected chi connectivity index (χ0v) is 15.1. The number of non-ortho nitro benzene ring substituents is 1. The van der Waals surface area contributed by atoms with Crippen molar-refractivity contribution < 1.29 is 14.5 Å². The maximum atomic E-state index is 12.6. The number of nitro benzene ring substituents is 1. The lowest BCUT2D eigenvalue weighted by atomic mass is 9.78. The summed E-state index contributed by atoms with van der Waals surface area (Å²) in [5.74, 6) is -1.04. The van der Waals surface area contributed by atoms with Crippen LogP contribution in [0.25, 0.3) is 5.57 Å². The predicted molar refractivity (Wildman–Crippen MR) is 98.3 cm³/mol. The second-order valence-electron chi connectivity index (χ2n) is 6.11. The molecule has 1 aromatic carbocycles. The molecule has 2 heterocycles. The third-order valence-corrected chi connectivity index (χ3v) is 4.48. The molecular formula is C19H18N4O4. The summed E-state index contributed by atoms with van der Waals surface area (Å²) in [5, 5.41) is 22.2. The van der Waals surface area contributed by atoms with Crippen molar-refractivity contribution in [2.75, 3.05) is 7.11 Å². The van der Waals surface area contributed by atoms with Crippen molar-refractivity contribution in [3.63, 3.8) is 0 Å². The molecule has 138 valence electrons. The minimum atomic E-state index is -0.539. The summed E-state index contributed by atoms with van der Waals surface area (Å²) in [6.07, 6.45) is 3.16. The molecule has 1 atom stereocenters. The van der Waals surface area contributed by atoms with Crippen LogP contribution in [-0.4, -0.2) is 28.2 Å². The van der Waals surface area contributed by atoms with Crippen molar-refractivity contribution in [3.05, 3.63) is 80.9 Å². The highest BCUT2D eigenvalue weighted by atomic mass is 16.6. The van der Waals surface area contributed by atoms with Crippen LogP contribution in [0.5, 0.6) is 0 Å². The molecule has 0 spiro atoms. The lowest BCUT2D eigenvalue weighted by Crippen LogP contribution is -2.28. The zero-order valence-electron chi connectivity index (χ0n) is 15.1. The highest BCUT2D eigenvalue weighted by molar-refractivity contribution is 5.97. The molecule has 0 fully saturated rings. The van der Waals surface area contributed by atoms with Crippen LogP contribution >= 0.6 is 0 Å². The van der Waals surface area contributed by atoms with Gasteiger partial charge in [-0.2, -0.15) is 10.2 Å². The molecule has 0 radical (unpaired) electrons. The molecule has 1 aromatic heterocycles. The third kappa shape index (κ3) is 3.41. The lowest BCUT2D eigenvalue weighted by molar-refractivity contribution is -0.384. The maximum Gasteiger partial charge on any atom is 0.336 e. The number of nitro groups is 1. The van der Waals surface area contributed by atoms with E-state index in [4.69, 9.17) is 4.74 Å². The van der Waals surface area contributed by atoms with Crippen LogP contribution in [0.3, 0.4) is 0 Å². The number of rotatable bonds is 4. The van der Waals surface area contributed by atoms with Crippen LogP contribution in [-0.2, 0) is 9.53 Å². The molecule has 1 N–H and O–H groups in total. The van der Waals surface area contributed by atoms with Gasteiger partial charge in [0.25, 0.3) is 5.69 Å². The van der Waals surface area contributed by atoms with Gasteiger partial charge in [-0.3, -0.25) is 10.1 Å². The van der Waals surface area contributed by atoms with Crippen LogP contribution in [0.2, 0.25) is 0 Å². The van der Waals surface area contributed by atoms with E-state index in [0.717, 1.165) is 16.8 Å². The van der Waals surface area contributed by atoms with Gasteiger partial charge in [-0.05, 0) is 31.1 Å².